The highest BCUT2D eigenvalue weighted by atomic mass is 32.2. The van der Waals surface area contributed by atoms with Crippen molar-refractivity contribution in [3.63, 3.8) is 0 Å². The van der Waals surface area contributed by atoms with Gasteiger partial charge in [0.2, 0.25) is 5.09 Å². The molecule has 1 unspecified atom stereocenters. The van der Waals surface area contributed by atoms with E-state index in [0.717, 1.165) is 0 Å². The predicted molar refractivity (Wildman–Crippen MR) is 56.1 cm³/mol. The normalized spacial score (nSPS) is 13.9. The highest BCUT2D eigenvalue weighted by Gasteiger charge is 2.20. The molecule has 0 radical (unpaired) electrons. The highest BCUT2D eigenvalue weighted by molar-refractivity contribution is 7.89. The summed E-state index contributed by atoms with van der Waals surface area (Å²) in [5, 5.41) is 17.2. The summed E-state index contributed by atoms with van der Waals surface area (Å²) in [5.74, 6) is 0.190. The van der Waals surface area contributed by atoms with E-state index in [9.17, 15) is 8.42 Å². The number of aliphatic hydroxyl groups excluding tert-OH is 2. The summed E-state index contributed by atoms with van der Waals surface area (Å²) in [5.41, 5.74) is 0. The summed E-state index contributed by atoms with van der Waals surface area (Å²) in [7, 11) is -3.71. The minimum atomic E-state index is -3.71. The van der Waals surface area contributed by atoms with E-state index in [-0.39, 0.29) is 30.1 Å². The number of furan rings is 1. The molecule has 1 rings (SSSR count). The van der Waals surface area contributed by atoms with Crippen LogP contribution in [0.5, 0.6) is 0 Å². The molecule has 1 atom stereocenters. The maximum atomic E-state index is 11.7. The van der Waals surface area contributed by atoms with Crippen LogP contribution in [0.15, 0.2) is 21.6 Å². The average molecular weight is 249 g/mol. The van der Waals surface area contributed by atoms with E-state index >= 15 is 0 Å². The second-order valence-electron chi connectivity index (χ2n) is 3.41. The van der Waals surface area contributed by atoms with Gasteiger partial charge in [-0.1, -0.05) is 0 Å². The lowest BCUT2D eigenvalue weighted by atomic mass is 10.3. The van der Waals surface area contributed by atoms with Crippen LogP contribution < -0.4 is 4.72 Å². The van der Waals surface area contributed by atoms with Crippen LogP contribution in [-0.4, -0.2) is 31.3 Å². The smallest absolute Gasteiger partial charge is 0.274 e. The SMILES string of the molecule is CC(CCO)NS(=O)(=O)c1ccc(CO)o1. The molecule has 0 aliphatic rings. The van der Waals surface area contributed by atoms with Gasteiger partial charge in [-0.3, -0.25) is 0 Å². The Morgan fingerprint density at radius 3 is 2.62 bits per heavy atom. The van der Waals surface area contributed by atoms with Gasteiger partial charge in [0, 0.05) is 12.6 Å². The molecule has 1 aromatic heterocycles. The second-order valence-corrected chi connectivity index (χ2v) is 5.06. The molecular weight excluding hydrogens is 234 g/mol. The van der Waals surface area contributed by atoms with Gasteiger partial charge in [0.25, 0.3) is 10.0 Å². The molecule has 0 spiro atoms. The molecule has 0 bridgehead atoms. The van der Waals surface area contributed by atoms with E-state index in [0.29, 0.717) is 6.42 Å². The zero-order valence-electron chi connectivity index (χ0n) is 8.88. The summed E-state index contributed by atoms with van der Waals surface area (Å²) >= 11 is 0. The standard InChI is InChI=1S/C9H15NO5S/c1-7(4-5-11)10-16(13,14)9-3-2-8(6-12)15-9/h2-3,7,10-12H,4-6H2,1H3. The molecule has 0 amide bonds. The molecule has 7 heteroatoms. The fourth-order valence-corrected chi connectivity index (χ4v) is 2.39. The molecule has 0 saturated carbocycles. The van der Waals surface area contributed by atoms with Crippen molar-refractivity contribution in [2.75, 3.05) is 6.61 Å². The zero-order chi connectivity index (χ0) is 12.2. The molecule has 0 fully saturated rings. The quantitative estimate of drug-likeness (QED) is 0.649. The minimum Gasteiger partial charge on any atom is -0.446 e. The Balaban J connectivity index is 2.77. The van der Waals surface area contributed by atoms with Crippen molar-refractivity contribution >= 4 is 10.0 Å². The molecule has 16 heavy (non-hydrogen) atoms. The topological polar surface area (TPSA) is 99.8 Å². The van der Waals surface area contributed by atoms with E-state index < -0.39 is 10.0 Å². The number of nitrogens with one attached hydrogen (secondary N) is 1. The molecule has 0 saturated heterocycles. The summed E-state index contributed by atoms with van der Waals surface area (Å²) in [6.07, 6.45) is 0.326. The summed E-state index contributed by atoms with van der Waals surface area (Å²) in [6, 6.07) is 2.29. The molecule has 0 aromatic carbocycles. The van der Waals surface area contributed by atoms with Gasteiger partial charge in [0.15, 0.2) is 0 Å². The molecule has 1 heterocycles. The van der Waals surface area contributed by atoms with Crippen LogP contribution in [0.3, 0.4) is 0 Å². The Morgan fingerprint density at radius 2 is 2.12 bits per heavy atom. The first-order valence-corrected chi connectivity index (χ1v) is 6.30. The third-order valence-corrected chi connectivity index (χ3v) is 3.44. The van der Waals surface area contributed by atoms with Gasteiger partial charge in [0.1, 0.15) is 12.4 Å². The van der Waals surface area contributed by atoms with E-state index in [1.54, 1.807) is 6.92 Å². The van der Waals surface area contributed by atoms with Crippen LogP contribution in [0.25, 0.3) is 0 Å². The number of sulfonamides is 1. The lowest BCUT2D eigenvalue weighted by molar-refractivity contribution is 0.236. The highest BCUT2D eigenvalue weighted by Crippen LogP contribution is 2.14. The van der Waals surface area contributed by atoms with Gasteiger partial charge in [-0.15, -0.1) is 0 Å². The van der Waals surface area contributed by atoms with Crippen LogP contribution >= 0.6 is 0 Å². The molecule has 3 N–H and O–H groups in total. The number of hydrogen-bond acceptors (Lipinski definition) is 5. The van der Waals surface area contributed by atoms with Crippen LogP contribution in [0.4, 0.5) is 0 Å². The third-order valence-electron chi connectivity index (χ3n) is 1.98. The van der Waals surface area contributed by atoms with Gasteiger partial charge < -0.3 is 14.6 Å². The fourth-order valence-electron chi connectivity index (χ4n) is 1.16. The van der Waals surface area contributed by atoms with Gasteiger partial charge in [-0.05, 0) is 25.5 Å². The Kier molecular flexibility index (Phi) is 4.48. The van der Waals surface area contributed by atoms with Crippen LogP contribution in [-0.2, 0) is 16.6 Å². The first-order valence-electron chi connectivity index (χ1n) is 4.82. The van der Waals surface area contributed by atoms with Crippen molar-refractivity contribution in [1.82, 2.24) is 4.72 Å². The van der Waals surface area contributed by atoms with Gasteiger partial charge >= 0.3 is 0 Å². The molecule has 6 nitrogen and oxygen atoms in total. The van der Waals surface area contributed by atoms with Crippen molar-refractivity contribution in [1.29, 1.82) is 0 Å². The Labute approximate surface area is 93.9 Å². The van der Waals surface area contributed by atoms with Crippen molar-refractivity contribution in [3.8, 4) is 0 Å². The summed E-state index contributed by atoms with van der Waals surface area (Å²) in [4.78, 5) is 0. The molecular formula is C9H15NO5S. The van der Waals surface area contributed by atoms with Crippen molar-refractivity contribution in [2.24, 2.45) is 0 Å². The monoisotopic (exact) mass is 249 g/mol. The largest absolute Gasteiger partial charge is 0.446 e. The third kappa shape index (κ3) is 3.31. The number of aliphatic hydroxyl groups is 2. The first-order chi connectivity index (χ1) is 7.49. The summed E-state index contributed by atoms with van der Waals surface area (Å²) < 4.78 is 30.6. The van der Waals surface area contributed by atoms with Gasteiger partial charge in [-0.2, -0.15) is 0 Å². The Morgan fingerprint density at radius 1 is 1.44 bits per heavy atom. The minimum absolute atomic E-state index is 0.0935. The number of hydrogen-bond donors (Lipinski definition) is 3. The fraction of sp³-hybridized carbons (Fsp3) is 0.556. The predicted octanol–water partition coefficient (Wildman–Crippen LogP) is -0.179. The zero-order valence-corrected chi connectivity index (χ0v) is 9.70. The van der Waals surface area contributed by atoms with E-state index in [1.165, 1.54) is 12.1 Å². The molecule has 92 valence electrons. The second kappa shape index (κ2) is 5.44. The first kappa shape index (κ1) is 13.2. The van der Waals surface area contributed by atoms with E-state index in [1.807, 2.05) is 0 Å². The molecule has 1 aromatic rings. The average Bonchev–Trinajstić information content (AvgIpc) is 2.65. The lowest BCUT2D eigenvalue weighted by Gasteiger charge is -2.10. The van der Waals surface area contributed by atoms with Crippen molar-refractivity contribution in [3.05, 3.63) is 17.9 Å². The lowest BCUT2D eigenvalue weighted by Crippen LogP contribution is -2.32. The van der Waals surface area contributed by atoms with E-state index in [2.05, 4.69) is 4.72 Å². The van der Waals surface area contributed by atoms with Gasteiger partial charge in [-0.25, -0.2) is 13.1 Å². The Bertz CT molecular complexity index is 425. The summed E-state index contributed by atoms with van der Waals surface area (Å²) in [6.45, 7) is 1.20. The van der Waals surface area contributed by atoms with Crippen LogP contribution in [0.1, 0.15) is 19.1 Å². The number of rotatable bonds is 6. The van der Waals surface area contributed by atoms with Crippen molar-refractivity contribution < 1.29 is 23.0 Å². The Hall–Kier alpha value is -0.890. The van der Waals surface area contributed by atoms with Crippen LogP contribution in [0.2, 0.25) is 0 Å². The maximum absolute atomic E-state index is 11.7. The molecule has 0 aliphatic heterocycles. The maximum Gasteiger partial charge on any atom is 0.274 e. The van der Waals surface area contributed by atoms with Crippen molar-refractivity contribution in [2.45, 2.75) is 31.1 Å². The van der Waals surface area contributed by atoms with Gasteiger partial charge in [0.05, 0.1) is 0 Å². The molecule has 0 aliphatic carbocycles. The van der Waals surface area contributed by atoms with E-state index in [4.69, 9.17) is 14.6 Å². The van der Waals surface area contributed by atoms with Crippen LogP contribution in [0, 0.1) is 0 Å².